The highest BCUT2D eigenvalue weighted by molar-refractivity contribution is 5.78. The number of carbonyl (C=O) groups excluding carboxylic acids is 1. The summed E-state index contributed by atoms with van der Waals surface area (Å²) in [6.45, 7) is 2.75. The first kappa shape index (κ1) is 13.0. The summed E-state index contributed by atoms with van der Waals surface area (Å²) in [6, 6.07) is 0.527. The molecular weight excluding hydrogens is 202 g/mol. The van der Waals surface area contributed by atoms with Gasteiger partial charge in [-0.25, -0.2) is 0 Å². The number of carbonyl (C=O) groups is 1. The van der Waals surface area contributed by atoms with Gasteiger partial charge in [0.25, 0.3) is 0 Å². The van der Waals surface area contributed by atoms with Crippen molar-refractivity contribution in [1.82, 2.24) is 15.5 Å². The van der Waals surface area contributed by atoms with Gasteiger partial charge in [0, 0.05) is 12.6 Å². The lowest BCUT2D eigenvalue weighted by atomic mass is 10.0. The Morgan fingerprint density at radius 2 is 2.44 bits per heavy atom. The van der Waals surface area contributed by atoms with Crippen LogP contribution in [0.25, 0.3) is 0 Å². The molecule has 0 radical (unpaired) electrons. The highest BCUT2D eigenvalue weighted by Crippen LogP contribution is 2.07. The van der Waals surface area contributed by atoms with Crippen LogP contribution in [-0.4, -0.2) is 50.1 Å². The van der Waals surface area contributed by atoms with Gasteiger partial charge in [-0.05, 0) is 26.4 Å². The van der Waals surface area contributed by atoms with Crippen LogP contribution in [0.1, 0.15) is 19.3 Å². The molecule has 0 bridgehead atoms. The first-order chi connectivity index (χ1) is 7.72. The van der Waals surface area contributed by atoms with Gasteiger partial charge in [0.05, 0.1) is 13.1 Å². The Morgan fingerprint density at radius 3 is 3.06 bits per heavy atom. The van der Waals surface area contributed by atoms with E-state index in [2.05, 4.69) is 16.6 Å². The van der Waals surface area contributed by atoms with E-state index in [4.69, 9.17) is 6.42 Å². The molecule has 0 saturated carbocycles. The minimum absolute atomic E-state index is 0.00346. The van der Waals surface area contributed by atoms with Gasteiger partial charge < -0.3 is 10.6 Å². The Kier molecular flexibility index (Phi) is 5.91. The van der Waals surface area contributed by atoms with Crippen LogP contribution in [0.3, 0.4) is 0 Å². The number of hydrogen-bond donors (Lipinski definition) is 2. The summed E-state index contributed by atoms with van der Waals surface area (Å²) >= 11 is 0. The van der Waals surface area contributed by atoms with Crippen LogP contribution in [0.2, 0.25) is 0 Å². The zero-order valence-corrected chi connectivity index (χ0v) is 9.96. The van der Waals surface area contributed by atoms with E-state index in [-0.39, 0.29) is 5.91 Å². The van der Waals surface area contributed by atoms with E-state index in [1.54, 1.807) is 0 Å². The second-order valence-corrected chi connectivity index (χ2v) is 4.32. The molecule has 4 heteroatoms. The first-order valence-corrected chi connectivity index (χ1v) is 5.84. The van der Waals surface area contributed by atoms with Crippen LogP contribution in [0.5, 0.6) is 0 Å². The maximum Gasteiger partial charge on any atom is 0.234 e. The van der Waals surface area contributed by atoms with Crippen LogP contribution in [0.15, 0.2) is 0 Å². The van der Waals surface area contributed by atoms with Crippen molar-refractivity contribution in [3.63, 3.8) is 0 Å². The second-order valence-electron chi connectivity index (χ2n) is 4.32. The fraction of sp³-hybridized carbons (Fsp3) is 0.750. The fourth-order valence-electron chi connectivity index (χ4n) is 1.97. The molecule has 1 amide bonds. The molecular formula is C12H21N3O. The zero-order chi connectivity index (χ0) is 11.8. The zero-order valence-electron chi connectivity index (χ0n) is 9.96. The van der Waals surface area contributed by atoms with Gasteiger partial charge in [-0.3, -0.25) is 9.69 Å². The molecule has 0 aromatic carbocycles. The molecule has 1 saturated heterocycles. The third kappa shape index (κ3) is 5.15. The smallest absolute Gasteiger partial charge is 0.234 e. The van der Waals surface area contributed by atoms with Gasteiger partial charge in [0.2, 0.25) is 5.91 Å². The SMILES string of the molecule is C#CCNC(=O)CN(C)CC1CCCCN1. The minimum Gasteiger partial charge on any atom is -0.344 e. The fourth-order valence-corrected chi connectivity index (χ4v) is 1.97. The Hall–Kier alpha value is -1.05. The van der Waals surface area contributed by atoms with Crippen LogP contribution < -0.4 is 10.6 Å². The summed E-state index contributed by atoms with van der Waals surface area (Å²) in [6.07, 6.45) is 8.83. The van der Waals surface area contributed by atoms with Crippen LogP contribution in [0, 0.1) is 12.3 Å². The topological polar surface area (TPSA) is 44.4 Å². The molecule has 1 fully saturated rings. The van der Waals surface area contributed by atoms with E-state index in [1.165, 1.54) is 19.3 Å². The number of hydrogen-bond acceptors (Lipinski definition) is 3. The van der Waals surface area contributed by atoms with Gasteiger partial charge in [-0.2, -0.15) is 0 Å². The van der Waals surface area contributed by atoms with E-state index in [0.29, 0.717) is 19.1 Å². The molecule has 1 aliphatic heterocycles. The third-order valence-electron chi connectivity index (χ3n) is 2.75. The number of piperidine rings is 1. The van der Waals surface area contributed by atoms with E-state index in [1.807, 2.05) is 11.9 Å². The molecule has 90 valence electrons. The van der Waals surface area contributed by atoms with E-state index in [9.17, 15) is 4.79 Å². The van der Waals surface area contributed by atoms with Crippen molar-refractivity contribution < 1.29 is 4.79 Å². The van der Waals surface area contributed by atoms with Gasteiger partial charge in [0.1, 0.15) is 0 Å². The average molecular weight is 223 g/mol. The minimum atomic E-state index is -0.00346. The monoisotopic (exact) mass is 223 g/mol. The second kappa shape index (κ2) is 7.26. The van der Waals surface area contributed by atoms with Gasteiger partial charge >= 0.3 is 0 Å². The van der Waals surface area contributed by atoms with Crippen molar-refractivity contribution in [3.05, 3.63) is 0 Å². The average Bonchev–Trinajstić information content (AvgIpc) is 2.27. The predicted octanol–water partition coefficient (Wildman–Crippen LogP) is -0.190. The molecule has 1 heterocycles. The third-order valence-corrected chi connectivity index (χ3v) is 2.75. The van der Waals surface area contributed by atoms with E-state index < -0.39 is 0 Å². The molecule has 16 heavy (non-hydrogen) atoms. The first-order valence-electron chi connectivity index (χ1n) is 5.84. The Morgan fingerprint density at radius 1 is 1.62 bits per heavy atom. The molecule has 1 rings (SSSR count). The standard InChI is InChI=1S/C12H21N3O/c1-3-7-14-12(16)10-15(2)9-11-6-4-5-8-13-11/h1,11,13H,4-10H2,2H3,(H,14,16). The Balaban J connectivity index is 2.16. The number of nitrogens with zero attached hydrogens (tertiary/aromatic N) is 1. The van der Waals surface area contributed by atoms with Crippen LogP contribution in [-0.2, 0) is 4.79 Å². The summed E-state index contributed by atoms with van der Waals surface area (Å²) in [7, 11) is 1.96. The molecule has 0 spiro atoms. The summed E-state index contributed by atoms with van der Waals surface area (Å²) in [5.41, 5.74) is 0. The number of amides is 1. The molecule has 0 aliphatic carbocycles. The van der Waals surface area contributed by atoms with Crippen molar-refractivity contribution in [2.75, 3.05) is 33.2 Å². The highest BCUT2D eigenvalue weighted by atomic mass is 16.1. The number of terminal acetylenes is 1. The number of rotatable bonds is 5. The summed E-state index contributed by atoms with van der Waals surface area (Å²) in [5.74, 6) is 2.39. The van der Waals surface area contributed by atoms with E-state index >= 15 is 0 Å². The molecule has 0 aromatic heterocycles. The lowest BCUT2D eigenvalue weighted by molar-refractivity contribution is -0.121. The maximum atomic E-state index is 11.4. The number of nitrogens with one attached hydrogen (secondary N) is 2. The molecule has 0 aromatic rings. The van der Waals surface area contributed by atoms with Crippen molar-refractivity contribution in [1.29, 1.82) is 0 Å². The van der Waals surface area contributed by atoms with Gasteiger partial charge in [-0.15, -0.1) is 6.42 Å². The summed E-state index contributed by atoms with van der Waals surface area (Å²) in [5, 5.41) is 6.12. The maximum absolute atomic E-state index is 11.4. The molecule has 2 N–H and O–H groups in total. The quantitative estimate of drug-likeness (QED) is 0.635. The van der Waals surface area contributed by atoms with Crippen molar-refractivity contribution in [3.8, 4) is 12.3 Å². The molecule has 1 unspecified atom stereocenters. The molecule has 1 aliphatic rings. The van der Waals surface area contributed by atoms with Crippen molar-refractivity contribution in [2.45, 2.75) is 25.3 Å². The summed E-state index contributed by atoms with van der Waals surface area (Å²) < 4.78 is 0. The molecule has 1 atom stereocenters. The Labute approximate surface area is 97.8 Å². The Bertz CT molecular complexity index is 253. The normalized spacial score (nSPS) is 20.4. The van der Waals surface area contributed by atoms with Crippen LogP contribution in [0.4, 0.5) is 0 Å². The number of likely N-dealkylation sites (N-methyl/N-ethyl adjacent to an activating group) is 1. The van der Waals surface area contributed by atoms with Gasteiger partial charge in [0.15, 0.2) is 0 Å². The van der Waals surface area contributed by atoms with Gasteiger partial charge in [-0.1, -0.05) is 12.3 Å². The van der Waals surface area contributed by atoms with Crippen molar-refractivity contribution in [2.24, 2.45) is 0 Å². The lowest BCUT2D eigenvalue weighted by Gasteiger charge is -2.27. The lowest BCUT2D eigenvalue weighted by Crippen LogP contribution is -2.45. The summed E-state index contributed by atoms with van der Waals surface area (Å²) in [4.78, 5) is 13.4. The largest absolute Gasteiger partial charge is 0.344 e. The highest BCUT2D eigenvalue weighted by Gasteiger charge is 2.15. The van der Waals surface area contributed by atoms with Crippen LogP contribution >= 0.6 is 0 Å². The molecule has 4 nitrogen and oxygen atoms in total. The van der Waals surface area contributed by atoms with Crippen molar-refractivity contribution >= 4 is 5.91 Å². The predicted molar refractivity (Wildman–Crippen MR) is 65.0 cm³/mol. The van der Waals surface area contributed by atoms with E-state index in [0.717, 1.165) is 13.1 Å².